The van der Waals surface area contributed by atoms with Crippen molar-refractivity contribution in [2.24, 2.45) is 0 Å². The van der Waals surface area contributed by atoms with Crippen molar-refractivity contribution < 1.29 is 19.1 Å². The quantitative estimate of drug-likeness (QED) is 0.517. The highest BCUT2D eigenvalue weighted by molar-refractivity contribution is 9.10. The molecule has 156 valence electrons. The molecule has 2 rings (SSSR count). The third-order valence-electron chi connectivity index (χ3n) is 4.11. The number of halogens is 2. The topological polar surface area (TPSA) is 76.7 Å². The Morgan fingerprint density at radius 3 is 2.07 bits per heavy atom. The van der Waals surface area contributed by atoms with E-state index in [4.69, 9.17) is 9.47 Å². The maximum atomic E-state index is 12.0. The molecule has 2 amide bonds. The molecule has 0 aromatic heterocycles. The van der Waals surface area contributed by atoms with Gasteiger partial charge in [0.1, 0.15) is 11.5 Å². The fourth-order valence-corrected chi connectivity index (χ4v) is 3.07. The molecule has 0 heterocycles. The maximum Gasteiger partial charge on any atom is 0.276 e. The van der Waals surface area contributed by atoms with E-state index < -0.39 is 11.8 Å². The molecule has 6 nitrogen and oxygen atoms in total. The van der Waals surface area contributed by atoms with Crippen LogP contribution in [0.3, 0.4) is 0 Å². The second kappa shape index (κ2) is 10.6. The van der Waals surface area contributed by atoms with E-state index in [1.54, 1.807) is 6.07 Å². The predicted octanol–water partition coefficient (Wildman–Crippen LogP) is 4.56. The molecule has 0 aliphatic rings. The van der Waals surface area contributed by atoms with Gasteiger partial charge in [0.05, 0.1) is 0 Å². The van der Waals surface area contributed by atoms with E-state index in [0.29, 0.717) is 11.5 Å². The zero-order chi connectivity index (χ0) is 21.6. The molecule has 0 saturated heterocycles. The van der Waals surface area contributed by atoms with Crippen LogP contribution in [0.4, 0.5) is 0 Å². The smallest absolute Gasteiger partial charge is 0.276 e. The van der Waals surface area contributed by atoms with Gasteiger partial charge >= 0.3 is 0 Å². The summed E-state index contributed by atoms with van der Waals surface area (Å²) in [7, 11) is 0. The average molecular weight is 528 g/mol. The molecule has 2 aromatic rings. The van der Waals surface area contributed by atoms with E-state index >= 15 is 0 Å². The molecule has 0 bridgehead atoms. The Bertz CT molecular complexity index is 900. The van der Waals surface area contributed by atoms with E-state index in [1.807, 2.05) is 38.1 Å². The zero-order valence-electron chi connectivity index (χ0n) is 16.8. The molecule has 0 aliphatic carbocycles. The van der Waals surface area contributed by atoms with Crippen LogP contribution in [-0.2, 0) is 9.59 Å². The summed E-state index contributed by atoms with van der Waals surface area (Å²) < 4.78 is 13.0. The van der Waals surface area contributed by atoms with E-state index in [0.717, 1.165) is 25.6 Å². The Labute approximate surface area is 187 Å². The van der Waals surface area contributed by atoms with Gasteiger partial charge in [-0.3, -0.25) is 20.4 Å². The van der Waals surface area contributed by atoms with Gasteiger partial charge in [0.2, 0.25) is 0 Å². The van der Waals surface area contributed by atoms with Gasteiger partial charge in [0, 0.05) is 8.95 Å². The van der Waals surface area contributed by atoms with E-state index in [2.05, 4.69) is 56.6 Å². The van der Waals surface area contributed by atoms with Gasteiger partial charge in [0.25, 0.3) is 11.8 Å². The Hall–Kier alpha value is -2.06. The van der Waals surface area contributed by atoms with Crippen molar-refractivity contribution in [3.8, 4) is 11.5 Å². The predicted molar refractivity (Wildman–Crippen MR) is 119 cm³/mol. The number of hydrazine groups is 1. The second-order valence-corrected chi connectivity index (χ2v) is 8.59. The lowest BCUT2D eigenvalue weighted by atomic mass is 10.0. The molecular formula is C21H24Br2N2O4. The third-order valence-corrected chi connectivity index (χ3v) is 5.86. The van der Waals surface area contributed by atoms with E-state index in [1.165, 1.54) is 0 Å². The number of ether oxygens (including phenoxy) is 2. The van der Waals surface area contributed by atoms with Crippen molar-refractivity contribution in [2.45, 2.75) is 33.6 Å². The van der Waals surface area contributed by atoms with Crippen molar-refractivity contribution in [3.63, 3.8) is 0 Å². The number of carbonyl (C=O) groups excluding carboxylic acids is 2. The first-order valence-corrected chi connectivity index (χ1v) is 10.7. The summed E-state index contributed by atoms with van der Waals surface area (Å²) in [5.41, 5.74) is 7.64. The molecule has 0 saturated carbocycles. The van der Waals surface area contributed by atoms with Crippen LogP contribution < -0.4 is 20.3 Å². The average Bonchev–Trinajstić information content (AvgIpc) is 2.67. The largest absolute Gasteiger partial charge is 0.484 e. The summed E-state index contributed by atoms with van der Waals surface area (Å²) in [6.07, 6.45) is 0. The highest BCUT2D eigenvalue weighted by atomic mass is 79.9. The molecule has 0 spiro atoms. The molecule has 0 unspecified atom stereocenters. The number of amides is 2. The lowest BCUT2D eigenvalue weighted by Crippen LogP contribution is -2.45. The Balaban J connectivity index is 1.80. The summed E-state index contributed by atoms with van der Waals surface area (Å²) >= 11 is 6.92. The van der Waals surface area contributed by atoms with Gasteiger partial charge < -0.3 is 9.47 Å². The van der Waals surface area contributed by atoms with Gasteiger partial charge in [-0.1, -0.05) is 45.7 Å². The first kappa shape index (κ1) is 23.2. The fourth-order valence-electron chi connectivity index (χ4n) is 2.46. The molecule has 0 radical (unpaired) electrons. The van der Waals surface area contributed by atoms with Gasteiger partial charge in [-0.25, -0.2) is 0 Å². The number of aryl methyl sites for hydroxylation is 2. The highest BCUT2D eigenvalue weighted by Crippen LogP contribution is 2.32. The summed E-state index contributed by atoms with van der Waals surface area (Å²) in [6, 6.07) is 9.30. The summed E-state index contributed by atoms with van der Waals surface area (Å²) in [6.45, 7) is 7.55. The number of hydrogen-bond acceptors (Lipinski definition) is 4. The number of nitrogens with one attached hydrogen (secondary N) is 2. The molecule has 2 aromatic carbocycles. The summed E-state index contributed by atoms with van der Waals surface area (Å²) in [5.74, 6) is 0.525. The van der Waals surface area contributed by atoms with Crippen molar-refractivity contribution >= 4 is 43.7 Å². The van der Waals surface area contributed by atoms with Crippen LogP contribution in [0, 0.1) is 13.8 Å². The summed E-state index contributed by atoms with van der Waals surface area (Å²) in [5, 5.41) is 0. The first-order valence-electron chi connectivity index (χ1n) is 9.07. The van der Waals surface area contributed by atoms with Crippen LogP contribution in [0.2, 0.25) is 0 Å². The van der Waals surface area contributed by atoms with Crippen LogP contribution in [0.5, 0.6) is 11.5 Å². The fraction of sp³-hybridized carbons (Fsp3) is 0.333. The number of benzene rings is 2. The lowest BCUT2D eigenvalue weighted by Gasteiger charge is -2.16. The minimum atomic E-state index is -0.471. The monoisotopic (exact) mass is 526 g/mol. The zero-order valence-corrected chi connectivity index (χ0v) is 19.9. The molecule has 0 aliphatic heterocycles. The number of hydrogen-bond donors (Lipinski definition) is 2. The Kier molecular flexibility index (Phi) is 8.52. The van der Waals surface area contributed by atoms with Crippen LogP contribution in [0.25, 0.3) is 0 Å². The van der Waals surface area contributed by atoms with Gasteiger partial charge in [0.15, 0.2) is 13.2 Å². The van der Waals surface area contributed by atoms with E-state index in [-0.39, 0.29) is 19.1 Å². The van der Waals surface area contributed by atoms with Crippen molar-refractivity contribution in [1.29, 1.82) is 0 Å². The van der Waals surface area contributed by atoms with E-state index in [9.17, 15) is 9.59 Å². The standard InChI is InChI=1S/C21H24Br2N2O4/c1-12(2)16-9-18(23)14(4)8-19(16)29-11-21(27)25-24-20(26)10-28-15-5-6-17(22)13(3)7-15/h5-9,12H,10-11H2,1-4H3,(H,24,26)(H,25,27). The van der Waals surface area contributed by atoms with Gasteiger partial charge in [-0.15, -0.1) is 0 Å². The molecule has 8 heteroatoms. The van der Waals surface area contributed by atoms with Crippen LogP contribution in [-0.4, -0.2) is 25.0 Å². The molecular weight excluding hydrogens is 504 g/mol. The molecule has 2 N–H and O–H groups in total. The van der Waals surface area contributed by atoms with Crippen LogP contribution in [0.15, 0.2) is 39.3 Å². The van der Waals surface area contributed by atoms with Crippen LogP contribution in [0.1, 0.15) is 36.5 Å². The normalized spacial score (nSPS) is 10.6. The van der Waals surface area contributed by atoms with Crippen molar-refractivity contribution in [3.05, 3.63) is 56.0 Å². The Morgan fingerprint density at radius 1 is 0.897 bits per heavy atom. The SMILES string of the molecule is Cc1cc(OCC(=O)NNC(=O)COc2cc(C)c(Br)cc2C(C)C)ccc1Br. The van der Waals surface area contributed by atoms with Gasteiger partial charge in [-0.2, -0.15) is 0 Å². The molecule has 0 fully saturated rings. The molecule has 0 atom stereocenters. The summed E-state index contributed by atoms with van der Waals surface area (Å²) in [4.78, 5) is 23.9. The maximum absolute atomic E-state index is 12.0. The highest BCUT2D eigenvalue weighted by Gasteiger charge is 2.13. The number of carbonyl (C=O) groups is 2. The van der Waals surface area contributed by atoms with Gasteiger partial charge in [-0.05, 0) is 66.8 Å². The van der Waals surface area contributed by atoms with Crippen LogP contribution >= 0.6 is 31.9 Å². The minimum absolute atomic E-state index is 0.214. The molecule has 29 heavy (non-hydrogen) atoms. The second-order valence-electron chi connectivity index (χ2n) is 6.88. The first-order chi connectivity index (χ1) is 13.7. The van der Waals surface area contributed by atoms with Crippen molar-refractivity contribution in [2.75, 3.05) is 13.2 Å². The third kappa shape index (κ3) is 7.04. The lowest BCUT2D eigenvalue weighted by molar-refractivity contribution is -0.131. The number of rotatable bonds is 7. The van der Waals surface area contributed by atoms with Crippen molar-refractivity contribution in [1.82, 2.24) is 10.9 Å². The minimum Gasteiger partial charge on any atom is -0.484 e. The Morgan fingerprint density at radius 2 is 1.48 bits per heavy atom.